The van der Waals surface area contributed by atoms with Gasteiger partial charge >= 0.3 is 0 Å². The molecule has 7 heteroatoms. The van der Waals surface area contributed by atoms with Crippen LogP contribution in [-0.2, 0) is 10.0 Å². The Kier molecular flexibility index (Phi) is 3.87. The van der Waals surface area contributed by atoms with Crippen molar-refractivity contribution in [3.05, 3.63) is 65.6 Å². The molecule has 0 fully saturated rings. The molecule has 3 rings (SSSR count). The fourth-order valence-corrected chi connectivity index (χ4v) is 3.08. The van der Waals surface area contributed by atoms with Crippen LogP contribution < -0.4 is 4.83 Å². The van der Waals surface area contributed by atoms with Crippen molar-refractivity contribution < 1.29 is 12.8 Å². The molecule has 3 aromatic rings. The molecule has 118 valence electrons. The number of aryl methyl sites for hydroxylation is 1. The van der Waals surface area contributed by atoms with Crippen molar-refractivity contribution in [1.29, 1.82) is 0 Å². The van der Waals surface area contributed by atoms with Gasteiger partial charge in [0, 0.05) is 22.2 Å². The first-order valence-corrected chi connectivity index (χ1v) is 8.33. The van der Waals surface area contributed by atoms with Crippen LogP contribution in [0.15, 0.2) is 58.5 Å². The molecule has 0 saturated heterocycles. The average molecular weight is 331 g/mol. The van der Waals surface area contributed by atoms with E-state index < -0.39 is 15.8 Å². The summed E-state index contributed by atoms with van der Waals surface area (Å²) in [6.45, 7) is 1.88. The standard InChI is InChI=1S/C16H14FN3O2S/c1-11-15(14-4-2-3-5-16(14)19-11)10-18-20-23(21,22)13-8-6-12(17)7-9-13/h2-10,19-20H,1H3/b18-10+. The highest BCUT2D eigenvalue weighted by atomic mass is 32.2. The van der Waals surface area contributed by atoms with E-state index in [1.54, 1.807) is 0 Å². The van der Waals surface area contributed by atoms with Gasteiger partial charge in [-0.05, 0) is 37.3 Å². The molecular formula is C16H14FN3O2S. The number of hydrogen-bond donors (Lipinski definition) is 2. The second-order valence-electron chi connectivity index (χ2n) is 5.02. The highest BCUT2D eigenvalue weighted by Gasteiger charge is 2.12. The molecule has 0 saturated carbocycles. The Hall–Kier alpha value is -2.67. The first-order valence-electron chi connectivity index (χ1n) is 6.85. The smallest absolute Gasteiger partial charge is 0.276 e. The van der Waals surface area contributed by atoms with Crippen LogP contribution in [0.1, 0.15) is 11.3 Å². The summed E-state index contributed by atoms with van der Waals surface area (Å²) < 4.78 is 37.0. The molecule has 0 radical (unpaired) electrons. The highest BCUT2D eigenvalue weighted by Crippen LogP contribution is 2.20. The van der Waals surface area contributed by atoms with Gasteiger partial charge in [-0.25, -0.2) is 9.22 Å². The normalized spacial score (nSPS) is 12.1. The maximum atomic E-state index is 12.9. The van der Waals surface area contributed by atoms with Crippen LogP contribution in [0.2, 0.25) is 0 Å². The number of fused-ring (bicyclic) bond motifs is 1. The number of aromatic amines is 1. The van der Waals surface area contributed by atoms with Gasteiger partial charge in [0.25, 0.3) is 10.0 Å². The third-order valence-corrected chi connectivity index (χ3v) is 4.67. The fourth-order valence-electron chi connectivity index (χ4n) is 2.29. The zero-order valence-electron chi connectivity index (χ0n) is 12.2. The minimum atomic E-state index is -3.82. The van der Waals surface area contributed by atoms with Crippen LogP contribution in [0.25, 0.3) is 10.9 Å². The monoisotopic (exact) mass is 331 g/mol. The van der Waals surface area contributed by atoms with E-state index >= 15 is 0 Å². The summed E-state index contributed by atoms with van der Waals surface area (Å²) in [5.41, 5.74) is 2.64. The van der Waals surface area contributed by atoms with E-state index in [1.165, 1.54) is 18.3 Å². The molecule has 0 aliphatic carbocycles. The van der Waals surface area contributed by atoms with E-state index in [9.17, 15) is 12.8 Å². The lowest BCUT2D eigenvalue weighted by Gasteiger charge is -2.02. The summed E-state index contributed by atoms with van der Waals surface area (Å²) in [4.78, 5) is 5.28. The molecule has 2 aromatic carbocycles. The molecule has 0 amide bonds. The van der Waals surface area contributed by atoms with Crippen LogP contribution in [0.5, 0.6) is 0 Å². The Morgan fingerprint density at radius 1 is 1.13 bits per heavy atom. The van der Waals surface area contributed by atoms with E-state index in [0.29, 0.717) is 0 Å². The van der Waals surface area contributed by atoms with E-state index in [4.69, 9.17) is 0 Å². The second kappa shape index (κ2) is 5.85. The van der Waals surface area contributed by atoms with Crippen molar-refractivity contribution in [3.63, 3.8) is 0 Å². The quantitative estimate of drug-likeness (QED) is 0.570. The Morgan fingerprint density at radius 2 is 1.83 bits per heavy atom. The van der Waals surface area contributed by atoms with Crippen molar-refractivity contribution >= 4 is 27.1 Å². The number of hydrogen-bond acceptors (Lipinski definition) is 3. The maximum absolute atomic E-state index is 12.9. The van der Waals surface area contributed by atoms with Gasteiger partial charge in [-0.3, -0.25) is 0 Å². The molecule has 1 heterocycles. The number of benzene rings is 2. The van der Waals surface area contributed by atoms with Crippen LogP contribution >= 0.6 is 0 Å². The van der Waals surface area contributed by atoms with Crippen molar-refractivity contribution in [1.82, 2.24) is 9.82 Å². The Balaban J connectivity index is 1.85. The average Bonchev–Trinajstić information content (AvgIpc) is 2.84. The van der Waals surface area contributed by atoms with Gasteiger partial charge in [0.05, 0.1) is 11.1 Å². The molecule has 0 atom stereocenters. The third kappa shape index (κ3) is 3.09. The van der Waals surface area contributed by atoms with Crippen LogP contribution in [0, 0.1) is 12.7 Å². The number of rotatable bonds is 4. The lowest BCUT2D eigenvalue weighted by atomic mass is 10.1. The van der Waals surface area contributed by atoms with Crippen molar-refractivity contribution in [2.75, 3.05) is 0 Å². The largest absolute Gasteiger partial charge is 0.358 e. The van der Waals surface area contributed by atoms with Gasteiger partial charge in [-0.15, -0.1) is 0 Å². The number of hydrazone groups is 1. The summed E-state index contributed by atoms with van der Waals surface area (Å²) >= 11 is 0. The lowest BCUT2D eigenvalue weighted by molar-refractivity contribution is 0.583. The van der Waals surface area contributed by atoms with E-state index in [1.807, 2.05) is 31.2 Å². The first kappa shape index (κ1) is 15.2. The van der Waals surface area contributed by atoms with Crippen molar-refractivity contribution in [2.45, 2.75) is 11.8 Å². The molecule has 0 bridgehead atoms. The zero-order valence-corrected chi connectivity index (χ0v) is 13.1. The molecule has 2 N–H and O–H groups in total. The van der Waals surface area contributed by atoms with Crippen molar-refractivity contribution in [2.24, 2.45) is 5.10 Å². The SMILES string of the molecule is Cc1[nH]c2ccccc2c1/C=N/NS(=O)(=O)c1ccc(F)cc1. The molecular weight excluding hydrogens is 317 g/mol. The summed E-state index contributed by atoms with van der Waals surface area (Å²) in [6, 6.07) is 12.2. The summed E-state index contributed by atoms with van der Waals surface area (Å²) in [5, 5.41) is 4.77. The highest BCUT2D eigenvalue weighted by molar-refractivity contribution is 7.89. The number of H-pyrrole nitrogens is 1. The minimum absolute atomic E-state index is 0.0494. The lowest BCUT2D eigenvalue weighted by Crippen LogP contribution is -2.18. The molecule has 0 aliphatic heterocycles. The second-order valence-corrected chi connectivity index (χ2v) is 6.68. The number of nitrogens with zero attached hydrogens (tertiary/aromatic N) is 1. The number of nitrogens with one attached hydrogen (secondary N) is 2. The number of aromatic nitrogens is 1. The Bertz CT molecular complexity index is 976. The van der Waals surface area contributed by atoms with Crippen molar-refractivity contribution in [3.8, 4) is 0 Å². The molecule has 0 spiro atoms. The molecule has 1 aromatic heterocycles. The van der Waals surface area contributed by atoms with Gasteiger partial charge in [0.1, 0.15) is 5.82 Å². The molecule has 5 nitrogen and oxygen atoms in total. The van der Waals surface area contributed by atoms with E-state index in [0.717, 1.165) is 34.3 Å². The topological polar surface area (TPSA) is 74.3 Å². The Morgan fingerprint density at radius 3 is 2.57 bits per heavy atom. The Labute approximate surface area is 132 Å². The number of para-hydroxylation sites is 1. The molecule has 0 unspecified atom stereocenters. The van der Waals surface area contributed by atoms with Gasteiger partial charge in [-0.2, -0.15) is 13.5 Å². The predicted octanol–water partition coefficient (Wildman–Crippen LogP) is 2.93. The predicted molar refractivity (Wildman–Crippen MR) is 87.4 cm³/mol. The van der Waals surface area contributed by atoms with Gasteiger partial charge in [0.15, 0.2) is 0 Å². The summed E-state index contributed by atoms with van der Waals surface area (Å²) in [7, 11) is -3.82. The summed E-state index contributed by atoms with van der Waals surface area (Å²) in [5.74, 6) is -0.498. The molecule has 0 aliphatic rings. The molecule has 23 heavy (non-hydrogen) atoms. The summed E-state index contributed by atoms with van der Waals surface area (Å²) in [6.07, 6.45) is 1.45. The minimum Gasteiger partial charge on any atom is -0.358 e. The van der Waals surface area contributed by atoms with E-state index in [-0.39, 0.29) is 4.90 Å². The number of halogens is 1. The maximum Gasteiger partial charge on any atom is 0.276 e. The number of sulfonamides is 1. The fraction of sp³-hybridized carbons (Fsp3) is 0.0625. The van der Waals surface area contributed by atoms with E-state index in [2.05, 4.69) is 14.9 Å². The van der Waals surface area contributed by atoms with Gasteiger partial charge in [-0.1, -0.05) is 18.2 Å². The van der Waals surface area contributed by atoms with Crippen LogP contribution in [0.3, 0.4) is 0 Å². The third-order valence-electron chi connectivity index (χ3n) is 3.43. The van der Waals surface area contributed by atoms with Crippen LogP contribution in [0.4, 0.5) is 4.39 Å². The van der Waals surface area contributed by atoms with Gasteiger partial charge in [0.2, 0.25) is 0 Å². The zero-order chi connectivity index (χ0) is 16.4. The van der Waals surface area contributed by atoms with Crippen LogP contribution in [-0.4, -0.2) is 19.6 Å². The first-order chi connectivity index (χ1) is 11.0. The van der Waals surface area contributed by atoms with Gasteiger partial charge < -0.3 is 4.98 Å².